The van der Waals surface area contributed by atoms with Crippen LogP contribution in [-0.4, -0.2) is 46.3 Å². The maximum Gasteiger partial charge on any atom is 0.246 e. The van der Waals surface area contributed by atoms with Gasteiger partial charge in [-0.05, 0) is 12.8 Å². The van der Waals surface area contributed by atoms with Crippen LogP contribution in [-0.2, 0) is 0 Å². The van der Waals surface area contributed by atoms with E-state index in [-0.39, 0.29) is 6.23 Å². The summed E-state index contributed by atoms with van der Waals surface area (Å²) in [5.41, 5.74) is 0. The van der Waals surface area contributed by atoms with Crippen LogP contribution in [0.25, 0.3) is 0 Å². The first-order valence-electron chi connectivity index (χ1n) is 9.20. The van der Waals surface area contributed by atoms with E-state index in [0.29, 0.717) is 0 Å². The summed E-state index contributed by atoms with van der Waals surface area (Å²) in [6.07, 6.45) is 13.6. The summed E-state index contributed by atoms with van der Waals surface area (Å²) in [5, 5.41) is 9.66. The zero-order chi connectivity index (χ0) is 15.5. The van der Waals surface area contributed by atoms with Gasteiger partial charge in [0.2, 0.25) is 5.84 Å². The van der Waals surface area contributed by atoms with Gasteiger partial charge in [0, 0.05) is 13.8 Å². The molecule has 1 aliphatic rings. The van der Waals surface area contributed by atoms with Crippen molar-refractivity contribution in [3.05, 3.63) is 0 Å². The van der Waals surface area contributed by atoms with Crippen LogP contribution >= 0.6 is 0 Å². The molecule has 0 fully saturated rings. The summed E-state index contributed by atoms with van der Waals surface area (Å²) in [7, 11) is 0. The highest BCUT2D eigenvalue weighted by Crippen LogP contribution is 2.11. The molecule has 0 bridgehead atoms. The lowest BCUT2D eigenvalue weighted by Gasteiger charge is -2.13. The Kier molecular flexibility index (Phi) is 9.73. The van der Waals surface area contributed by atoms with Crippen molar-refractivity contribution in [2.24, 2.45) is 0 Å². The van der Waals surface area contributed by atoms with E-state index in [1.54, 1.807) is 0 Å². The molecule has 1 atom stereocenters. The standard InChI is InChI=1S/C18H37N2O/c1-4-5-6-7-8-9-10-11-12-13-14-19-15-16-20(17(19)2)18(3)21/h18,21H,4-16H2,1-3H3/q+1. The fourth-order valence-electron chi connectivity index (χ4n) is 3.25. The van der Waals surface area contributed by atoms with Gasteiger partial charge < -0.3 is 5.11 Å². The van der Waals surface area contributed by atoms with E-state index in [9.17, 15) is 5.11 Å². The molecule has 0 saturated carbocycles. The molecule has 3 heteroatoms. The molecular formula is C18H37N2O+. The Hall–Kier alpha value is -0.570. The van der Waals surface area contributed by atoms with E-state index in [1.165, 1.54) is 70.0 Å². The molecule has 1 heterocycles. The van der Waals surface area contributed by atoms with Crippen molar-refractivity contribution in [2.45, 2.75) is 91.2 Å². The molecule has 0 spiro atoms. The number of unbranched alkanes of at least 4 members (excludes halogenated alkanes) is 9. The Balaban J connectivity index is 1.97. The molecule has 0 aromatic carbocycles. The maximum atomic E-state index is 9.66. The Morgan fingerprint density at radius 2 is 1.52 bits per heavy atom. The van der Waals surface area contributed by atoms with Gasteiger partial charge in [-0.25, -0.2) is 4.90 Å². The summed E-state index contributed by atoms with van der Waals surface area (Å²) in [6.45, 7) is 9.48. The number of aliphatic hydroxyl groups excluding tert-OH is 1. The lowest BCUT2D eigenvalue weighted by Crippen LogP contribution is -2.35. The molecule has 0 aromatic rings. The molecule has 1 unspecified atom stereocenters. The Bertz CT molecular complexity index is 300. The quantitative estimate of drug-likeness (QED) is 0.435. The summed E-state index contributed by atoms with van der Waals surface area (Å²) in [4.78, 5) is 2.09. The van der Waals surface area contributed by atoms with Gasteiger partial charge in [0.25, 0.3) is 0 Å². The molecule has 0 radical (unpaired) electrons. The van der Waals surface area contributed by atoms with E-state index < -0.39 is 0 Å². The predicted molar refractivity (Wildman–Crippen MR) is 90.9 cm³/mol. The molecule has 0 saturated heterocycles. The molecule has 0 amide bonds. The van der Waals surface area contributed by atoms with E-state index in [4.69, 9.17) is 0 Å². The van der Waals surface area contributed by atoms with Gasteiger partial charge in [-0.1, -0.05) is 58.3 Å². The fraction of sp³-hybridized carbons (Fsp3) is 0.944. The smallest absolute Gasteiger partial charge is 0.246 e. The van der Waals surface area contributed by atoms with Crippen molar-refractivity contribution >= 4 is 5.84 Å². The van der Waals surface area contributed by atoms with Gasteiger partial charge in [0.15, 0.2) is 6.23 Å². The summed E-state index contributed by atoms with van der Waals surface area (Å²) >= 11 is 0. The number of nitrogens with zero attached hydrogens (tertiary/aromatic N) is 2. The molecular weight excluding hydrogens is 260 g/mol. The second-order valence-corrected chi connectivity index (χ2v) is 6.54. The number of aliphatic hydroxyl groups is 1. The highest BCUT2D eigenvalue weighted by Gasteiger charge is 2.29. The van der Waals surface area contributed by atoms with E-state index in [0.717, 1.165) is 19.6 Å². The SMILES string of the molecule is CCCCCCCCCCCC[N+]1=C(C)N(C(C)O)CC1. The third-order valence-electron chi connectivity index (χ3n) is 4.72. The predicted octanol–water partition coefficient (Wildman–Crippen LogP) is 3.99. The van der Waals surface area contributed by atoms with Crippen molar-refractivity contribution in [3.8, 4) is 0 Å². The van der Waals surface area contributed by atoms with Crippen LogP contribution in [0.1, 0.15) is 85.0 Å². The lowest BCUT2D eigenvalue weighted by atomic mass is 10.1. The van der Waals surface area contributed by atoms with Gasteiger partial charge in [0.05, 0.1) is 6.54 Å². The minimum Gasteiger partial charge on any atom is -0.356 e. The van der Waals surface area contributed by atoms with Crippen molar-refractivity contribution in [3.63, 3.8) is 0 Å². The number of amidine groups is 1. The maximum absolute atomic E-state index is 9.66. The first-order valence-corrected chi connectivity index (χ1v) is 9.20. The topological polar surface area (TPSA) is 26.5 Å². The van der Waals surface area contributed by atoms with Crippen molar-refractivity contribution in [2.75, 3.05) is 19.6 Å². The van der Waals surface area contributed by atoms with E-state index in [1.807, 2.05) is 6.92 Å². The molecule has 1 rings (SSSR count). The third-order valence-corrected chi connectivity index (χ3v) is 4.72. The molecule has 3 nitrogen and oxygen atoms in total. The highest BCUT2D eigenvalue weighted by molar-refractivity contribution is 5.75. The van der Waals surface area contributed by atoms with Gasteiger partial charge in [-0.2, -0.15) is 0 Å². The largest absolute Gasteiger partial charge is 0.356 e. The molecule has 124 valence electrons. The zero-order valence-electron chi connectivity index (χ0n) is 14.6. The molecule has 1 N–H and O–H groups in total. The average molecular weight is 298 g/mol. The normalized spacial score (nSPS) is 16.9. The molecule has 21 heavy (non-hydrogen) atoms. The molecule has 1 aliphatic heterocycles. The summed E-state index contributed by atoms with van der Waals surface area (Å²) in [6, 6.07) is 0. The van der Waals surface area contributed by atoms with Crippen LogP contribution in [0.4, 0.5) is 0 Å². The van der Waals surface area contributed by atoms with Gasteiger partial charge >= 0.3 is 0 Å². The number of rotatable bonds is 12. The van der Waals surface area contributed by atoms with E-state index in [2.05, 4.69) is 23.3 Å². The Labute approximate surface area is 132 Å². The van der Waals surface area contributed by atoms with Crippen LogP contribution in [0, 0.1) is 0 Å². The number of hydrogen-bond donors (Lipinski definition) is 1. The second-order valence-electron chi connectivity index (χ2n) is 6.54. The lowest BCUT2D eigenvalue weighted by molar-refractivity contribution is -0.519. The van der Waals surface area contributed by atoms with Gasteiger partial charge in [0.1, 0.15) is 13.1 Å². The number of hydrogen-bond acceptors (Lipinski definition) is 2. The van der Waals surface area contributed by atoms with Crippen molar-refractivity contribution in [1.29, 1.82) is 0 Å². The monoisotopic (exact) mass is 297 g/mol. The third kappa shape index (κ3) is 7.30. The summed E-state index contributed by atoms with van der Waals surface area (Å²) < 4.78 is 2.43. The second kappa shape index (κ2) is 11.1. The molecule has 0 aliphatic carbocycles. The van der Waals surface area contributed by atoms with Crippen molar-refractivity contribution in [1.82, 2.24) is 4.90 Å². The fourth-order valence-corrected chi connectivity index (χ4v) is 3.25. The Morgan fingerprint density at radius 3 is 2.00 bits per heavy atom. The first kappa shape index (κ1) is 18.5. The zero-order valence-corrected chi connectivity index (χ0v) is 14.6. The van der Waals surface area contributed by atoms with Gasteiger partial charge in [-0.15, -0.1) is 0 Å². The molecule has 0 aromatic heterocycles. The van der Waals surface area contributed by atoms with E-state index >= 15 is 0 Å². The van der Waals surface area contributed by atoms with Crippen LogP contribution in [0.3, 0.4) is 0 Å². The van der Waals surface area contributed by atoms with Gasteiger partial charge in [-0.3, -0.25) is 4.58 Å². The minimum atomic E-state index is -0.345. The van der Waals surface area contributed by atoms with Crippen LogP contribution in [0.2, 0.25) is 0 Å². The van der Waals surface area contributed by atoms with Crippen molar-refractivity contribution < 1.29 is 9.68 Å². The first-order chi connectivity index (χ1) is 10.2. The Morgan fingerprint density at radius 1 is 1.00 bits per heavy atom. The highest BCUT2D eigenvalue weighted by atomic mass is 16.3. The summed E-state index contributed by atoms with van der Waals surface area (Å²) in [5.74, 6) is 1.25. The van der Waals surface area contributed by atoms with Crippen LogP contribution < -0.4 is 0 Å². The average Bonchev–Trinajstić information content (AvgIpc) is 2.82. The van der Waals surface area contributed by atoms with Crippen LogP contribution in [0.15, 0.2) is 0 Å². The minimum absolute atomic E-state index is 0.345. The van der Waals surface area contributed by atoms with Crippen LogP contribution in [0.5, 0.6) is 0 Å².